The minimum Gasteiger partial charge on any atom is -0.467 e. The van der Waals surface area contributed by atoms with Crippen LogP contribution in [-0.2, 0) is 17.8 Å². The quantitative estimate of drug-likeness (QED) is 0.774. The minimum absolute atomic E-state index is 0.144. The van der Waals surface area contributed by atoms with E-state index in [0.717, 1.165) is 0 Å². The smallest absolute Gasteiger partial charge is 0.257 e. The van der Waals surface area contributed by atoms with E-state index >= 15 is 0 Å². The number of hydrogen-bond donors (Lipinski definition) is 1. The van der Waals surface area contributed by atoms with Crippen LogP contribution >= 0.6 is 0 Å². The lowest BCUT2D eigenvalue weighted by atomic mass is 10.1. The molecule has 1 amide bonds. The number of carbonyl (C=O) groups excluding carboxylic acids is 1. The molecule has 0 aliphatic carbocycles. The lowest BCUT2D eigenvalue weighted by Crippen LogP contribution is -2.26. The number of hydrogen-bond acceptors (Lipinski definition) is 5. The highest BCUT2D eigenvalue weighted by molar-refractivity contribution is 6.00. The normalized spacial score (nSPS) is 13.3. The van der Waals surface area contributed by atoms with Crippen LogP contribution in [0.25, 0.3) is 5.65 Å². The first-order valence-electron chi connectivity index (χ1n) is 8.23. The molecule has 0 bridgehead atoms. The lowest BCUT2D eigenvalue weighted by molar-refractivity contribution is -0.0172. The summed E-state index contributed by atoms with van der Waals surface area (Å²) in [4.78, 5) is 16.8. The standard InChI is InChI=1S/C18H17FN4O3/c1-11-15(17-20-4-2-6-23(17)22-11)18(24)21-5-3-12-7-14(19)8-13-9-25-10-26-16(12)13/h2,4,6-8H,3,5,9-10H2,1H3,(H,21,24). The van der Waals surface area contributed by atoms with E-state index < -0.39 is 0 Å². The van der Waals surface area contributed by atoms with Gasteiger partial charge in [-0.05, 0) is 37.1 Å². The van der Waals surface area contributed by atoms with Crippen LogP contribution in [0.1, 0.15) is 27.2 Å². The third-order valence-electron chi connectivity index (χ3n) is 4.23. The summed E-state index contributed by atoms with van der Waals surface area (Å²) in [7, 11) is 0. The number of benzene rings is 1. The maximum absolute atomic E-state index is 13.8. The van der Waals surface area contributed by atoms with E-state index in [4.69, 9.17) is 9.47 Å². The third kappa shape index (κ3) is 2.99. The molecule has 3 aromatic rings. The third-order valence-corrected chi connectivity index (χ3v) is 4.23. The van der Waals surface area contributed by atoms with Crippen molar-refractivity contribution >= 4 is 11.6 Å². The van der Waals surface area contributed by atoms with E-state index in [9.17, 15) is 9.18 Å². The van der Waals surface area contributed by atoms with Gasteiger partial charge in [0, 0.05) is 24.5 Å². The van der Waals surface area contributed by atoms with Gasteiger partial charge < -0.3 is 14.8 Å². The molecule has 26 heavy (non-hydrogen) atoms. The molecule has 4 rings (SSSR count). The highest BCUT2D eigenvalue weighted by atomic mass is 19.1. The molecule has 1 aliphatic heterocycles. The average Bonchev–Trinajstić information content (AvgIpc) is 2.97. The van der Waals surface area contributed by atoms with Crippen molar-refractivity contribution in [1.29, 1.82) is 0 Å². The van der Waals surface area contributed by atoms with E-state index in [2.05, 4.69) is 15.4 Å². The summed E-state index contributed by atoms with van der Waals surface area (Å²) in [5.41, 5.74) is 2.94. The first-order chi connectivity index (χ1) is 12.6. The molecule has 0 fully saturated rings. The number of amides is 1. The number of nitrogens with zero attached hydrogens (tertiary/aromatic N) is 3. The van der Waals surface area contributed by atoms with Crippen LogP contribution in [0.4, 0.5) is 4.39 Å². The molecule has 0 radical (unpaired) electrons. The van der Waals surface area contributed by atoms with Gasteiger partial charge in [-0.15, -0.1) is 0 Å². The highest BCUT2D eigenvalue weighted by Crippen LogP contribution is 2.29. The van der Waals surface area contributed by atoms with Crippen LogP contribution in [0, 0.1) is 12.7 Å². The maximum Gasteiger partial charge on any atom is 0.257 e. The second kappa shape index (κ2) is 6.72. The fraction of sp³-hybridized carbons (Fsp3) is 0.278. The molecule has 3 heterocycles. The van der Waals surface area contributed by atoms with Crippen molar-refractivity contribution in [3.05, 3.63) is 58.8 Å². The largest absolute Gasteiger partial charge is 0.467 e. The van der Waals surface area contributed by atoms with Gasteiger partial charge in [0.25, 0.3) is 5.91 Å². The molecule has 7 nitrogen and oxygen atoms in total. The number of nitrogens with one attached hydrogen (secondary N) is 1. The van der Waals surface area contributed by atoms with E-state index in [0.29, 0.717) is 53.4 Å². The monoisotopic (exact) mass is 356 g/mol. The molecule has 1 aromatic carbocycles. The predicted molar refractivity (Wildman–Crippen MR) is 90.4 cm³/mol. The Morgan fingerprint density at radius 1 is 1.42 bits per heavy atom. The second-order valence-corrected chi connectivity index (χ2v) is 6.02. The first-order valence-corrected chi connectivity index (χ1v) is 8.23. The van der Waals surface area contributed by atoms with Gasteiger partial charge >= 0.3 is 0 Å². The SMILES string of the molecule is Cc1nn2cccnc2c1C(=O)NCCc1cc(F)cc2c1OCOC2. The van der Waals surface area contributed by atoms with E-state index in [1.54, 1.807) is 29.9 Å². The van der Waals surface area contributed by atoms with Gasteiger partial charge in [-0.3, -0.25) is 4.79 Å². The van der Waals surface area contributed by atoms with Gasteiger partial charge in [-0.1, -0.05) is 0 Å². The van der Waals surface area contributed by atoms with Crippen molar-refractivity contribution in [2.24, 2.45) is 0 Å². The van der Waals surface area contributed by atoms with Crippen molar-refractivity contribution in [2.45, 2.75) is 20.0 Å². The molecule has 134 valence electrons. The molecule has 0 spiro atoms. The fourth-order valence-electron chi connectivity index (χ4n) is 3.10. The summed E-state index contributed by atoms with van der Waals surface area (Å²) >= 11 is 0. The molecule has 1 N–H and O–H groups in total. The molecule has 0 saturated heterocycles. The zero-order chi connectivity index (χ0) is 18.1. The van der Waals surface area contributed by atoms with Gasteiger partial charge in [-0.25, -0.2) is 13.9 Å². The van der Waals surface area contributed by atoms with Crippen LogP contribution in [0.3, 0.4) is 0 Å². The Bertz CT molecular complexity index is 986. The minimum atomic E-state index is -0.346. The topological polar surface area (TPSA) is 77.8 Å². The summed E-state index contributed by atoms with van der Waals surface area (Å²) in [5.74, 6) is 0.0355. The van der Waals surface area contributed by atoms with E-state index in [1.807, 2.05) is 0 Å². The average molecular weight is 356 g/mol. The van der Waals surface area contributed by atoms with Gasteiger partial charge in [0.1, 0.15) is 17.1 Å². The van der Waals surface area contributed by atoms with Crippen LogP contribution in [0.2, 0.25) is 0 Å². The Labute approximate surface area is 148 Å². The zero-order valence-corrected chi connectivity index (χ0v) is 14.2. The van der Waals surface area contributed by atoms with Gasteiger partial charge in [0.15, 0.2) is 12.4 Å². The number of aromatic nitrogens is 3. The van der Waals surface area contributed by atoms with Crippen molar-refractivity contribution < 1.29 is 18.7 Å². The fourth-order valence-corrected chi connectivity index (χ4v) is 3.10. The Morgan fingerprint density at radius 2 is 2.31 bits per heavy atom. The summed E-state index contributed by atoms with van der Waals surface area (Å²) < 4.78 is 26.0. The van der Waals surface area contributed by atoms with Crippen molar-refractivity contribution in [1.82, 2.24) is 19.9 Å². The highest BCUT2D eigenvalue weighted by Gasteiger charge is 2.19. The van der Waals surface area contributed by atoms with Crippen molar-refractivity contribution in [2.75, 3.05) is 13.3 Å². The molecule has 1 aliphatic rings. The first kappa shape index (κ1) is 16.5. The predicted octanol–water partition coefficient (Wildman–Crippen LogP) is 2.02. The number of aryl methyl sites for hydroxylation is 1. The Hall–Kier alpha value is -3.00. The van der Waals surface area contributed by atoms with Crippen LogP contribution in [-0.4, -0.2) is 33.8 Å². The zero-order valence-electron chi connectivity index (χ0n) is 14.2. The molecule has 2 aromatic heterocycles. The van der Waals surface area contributed by atoms with Crippen LogP contribution in [0.5, 0.6) is 5.75 Å². The molecular formula is C18H17FN4O3. The second-order valence-electron chi connectivity index (χ2n) is 6.02. The van der Waals surface area contributed by atoms with Crippen molar-refractivity contribution in [3.8, 4) is 5.75 Å². The number of carbonyl (C=O) groups is 1. The maximum atomic E-state index is 13.8. The number of rotatable bonds is 4. The number of fused-ring (bicyclic) bond motifs is 2. The van der Waals surface area contributed by atoms with Gasteiger partial charge in [-0.2, -0.15) is 5.10 Å². The Morgan fingerprint density at radius 3 is 3.19 bits per heavy atom. The summed E-state index contributed by atoms with van der Waals surface area (Å²) in [6, 6.07) is 4.58. The molecule has 8 heteroatoms. The van der Waals surface area contributed by atoms with Crippen LogP contribution < -0.4 is 10.1 Å². The van der Waals surface area contributed by atoms with Gasteiger partial charge in [0.2, 0.25) is 0 Å². The van der Waals surface area contributed by atoms with Crippen LogP contribution in [0.15, 0.2) is 30.6 Å². The summed E-state index contributed by atoms with van der Waals surface area (Å²) in [6.07, 6.45) is 3.80. The molecule has 0 unspecified atom stereocenters. The van der Waals surface area contributed by atoms with Crippen molar-refractivity contribution in [3.63, 3.8) is 0 Å². The molecule has 0 saturated carbocycles. The summed E-state index contributed by atoms with van der Waals surface area (Å²) in [5, 5.41) is 7.13. The number of halogens is 1. The lowest BCUT2D eigenvalue weighted by Gasteiger charge is -2.21. The summed E-state index contributed by atoms with van der Waals surface area (Å²) in [6.45, 7) is 2.56. The van der Waals surface area contributed by atoms with E-state index in [-0.39, 0.29) is 18.5 Å². The Kier molecular flexibility index (Phi) is 4.26. The molecular weight excluding hydrogens is 339 g/mol. The van der Waals surface area contributed by atoms with Gasteiger partial charge in [0.05, 0.1) is 12.3 Å². The molecule has 0 atom stereocenters. The Balaban J connectivity index is 1.49. The number of ether oxygens (including phenoxy) is 2. The van der Waals surface area contributed by atoms with E-state index in [1.165, 1.54) is 12.1 Å².